The van der Waals surface area contributed by atoms with Crippen LogP contribution in [-0.4, -0.2) is 20.2 Å². The maximum absolute atomic E-state index is 5.90. The molecule has 1 fully saturated rings. The number of thioether (sulfide) groups is 1. The smallest absolute Gasteiger partial charge is 0.209 e. The Balaban J connectivity index is 1.71. The molecule has 3 rings (SSSR count). The number of hydrogen-bond donors (Lipinski definition) is 1. The Labute approximate surface area is 103 Å². The van der Waals surface area contributed by atoms with Gasteiger partial charge < -0.3 is 5.73 Å². The molecule has 1 aliphatic carbocycles. The molecule has 88 valence electrons. The standard InChI is InChI=1S/C11H13N5S/c12-10-4-2-1-3-8(10)7-17-11-13-14-15-16(11)9-5-6-9/h1-4,9H,5-7,12H2. The zero-order valence-electron chi connectivity index (χ0n) is 9.28. The Morgan fingerprint density at radius 3 is 2.94 bits per heavy atom. The number of nitrogen functional groups attached to an aromatic ring is 1. The van der Waals surface area contributed by atoms with Gasteiger partial charge in [-0.2, -0.15) is 0 Å². The molecular weight excluding hydrogens is 234 g/mol. The number of aromatic nitrogens is 4. The predicted octanol–water partition coefficient (Wildman–Crippen LogP) is 1.88. The summed E-state index contributed by atoms with van der Waals surface area (Å²) in [6.45, 7) is 0. The lowest BCUT2D eigenvalue weighted by molar-refractivity contribution is 0.565. The minimum absolute atomic E-state index is 0.514. The largest absolute Gasteiger partial charge is 0.398 e. The van der Waals surface area contributed by atoms with Crippen molar-refractivity contribution in [1.82, 2.24) is 20.2 Å². The molecule has 1 heterocycles. The van der Waals surface area contributed by atoms with Crippen molar-refractivity contribution in [3.05, 3.63) is 29.8 Å². The van der Waals surface area contributed by atoms with Gasteiger partial charge in [-0.15, -0.1) is 5.10 Å². The Hall–Kier alpha value is -1.56. The molecule has 0 bridgehead atoms. The third kappa shape index (κ3) is 2.26. The molecule has 2 N–H and O–H groups in total. The molecule has 0 radical (unpaired) electrons. The van der Waals surface area contributed by atoms with E-state index in [0.29, 0.717) is 6.04 Å². The van der Waals surface area contributed by atoms with E-state index in [1.807, 2.05) is 28.9 Å². The molecule has 0 unspecified atom stereocenters. The van der Waals surface area contributed by atoms with Crippen LogP contribution in [-0.2, 0) is 5.75 Å². The molecular formula is C11H13N5S. The Morgan fingerprint density at radius 2 is 2.18 bits per heavy atom. The van der Waals surface area contributed by atoms with Crippen molar-refractivity contribution >= 4 is 17.4 Å². The molecule has 0 spiro atoms. The Kier molecular flexibility index (Phi) is 2.72. The van der Waals surface area contributed by atoms with E-state index >= 15 is 0 Å². The van der Waals surface area contributed by atoms with Crippen molar-refractivity contribution in [2.75, 3.05) is 5.73 Å². The van der Waals surface area contributed by atoms with Gasteiger partial charge in [0, 0.05) is 11.4 Å². The van der Waals surface area contributed by atoms with Crippen LogP contribution in [0.4, 0.5) is 5.69 Å². The summed E-state index contributed by atoms with van der Waals surface area (Å²) < 4.78 is 1.92. The van der Waals surface area contributed by atoms with E-state index in [1.54, 1.807) is 11.8 Å². The summed E-state index contributed by atoms with van der Waals surface area (Å²) in [6, 6.07) is 8.40. The highest BCUT2D eigenvalue weighted by Crippen LogP contribution is 2.37. The first-order valence-corrected chi connectivity index (χ1v) is 6.57. The van der Waals surface area contributed by atoms with E-state index in [2.05, 4.69) is 15.5 Å². The molecule has 0 atom stereocenters. The van der Waals surface area contributed by atoms with Crippen LogP contribution in [0, 0.1) is 0 Å². The van der Waals surface area contributed by atoms with Crippen LogP contribution < -0.4 is 5.73 Å². The lowest BCUT2D eigenvalue weighted by Crippen LogP contribution is -1.99. The van der Waals surface area contributed by atoms with Crippen molar-refractivity contribution in [2.45, 2.75) is 29.8 Å². The number of rotatable bonds is 4. The van der Waals surface area contributed by atoms with E-state index in [0.717, 1.165) is 22.2 Å². The summed E-state index contributed by atoms with van der Waals surface area (Å²) in [6.07, 6.45) is 2.37. The quantitative estimate of drug-likeness (QED) is 0.660. The second-order valence-electron chi connectivity index (χ2n) is 4.12. The lowest BCUT2D eigenvalue weighted by Gasteiger charge is -2.04. The van der Waals surface area contributed by atoms with Crippen molar-refractivity contribution in [3.8, 4) is 0 Å². The zero-order valence-corrected chi connectivity index (χ0v) is 10.1. The van der Waals surface area contributed by atoms with E-state index in [1.165, 1.54) is 12.8 Å². The molecule has 6 heteroatoms. The molecule has 1 aromatic heterocycles. The fourth-order valence-corrected chi connectivity index (χ4v) is 2.60. The van der Waals surface area contributed by atoms with Gasteiger partial charge in [-0.1, -0.05) is 30.0 Å². The van der Waals surface area contributed by atoms with Crippen LogP contribution >= 0.6 is 11.8 Å². The number of anilines is 1. The van der Waals surface area contributed by atoms with Gasteiger partial charge in [-0.25, -0.2) is 4.68 Å². The van der Waals surface area contributed by atoms with Gasteiger partial charge in [-0.05, 0) is 34.9 Å². The fraction of sp³-hybridized carbons (Fsp3) is 0.364. The van der Waals surface area contributed by atoms with Crippen molar-refractivity contribution in [3.63, 3.8) is 0 Å². The number of para-hydroxylation sites is 1. The third-order valence-electron chi connectivity index (χ3n) is 2.77. The highest BCUT2D eigenvalue weighted by molar-refractivity contribution is 7.98. The van der Waals surface area contributed by atoms with Gasteiger partial charge in [0.1, 0.15) is 0 Å². The highest BCUT2D eigenvalue weighted by Gasteiger charge is 2.27. The van der Waals surface area contributed by atoms with Crippen molar-refractivity contribution < 1.29 is 0 Å². The topological polar surface area (TPSA) is 69.6 Å². The predicted molar refractivity (Wildman–Crippen MR) is 66.5 cm³/mol. The van der Waals surface area contributed by atoms with Gasteiger partial charge in [-0.3, -0.25) is 0 Å². The maximum atomic E-state index is 5.90. The minimum Gasteiger partial charge on any atom is -0.398 e. The summed E-state index contributed by atoms with van der Waals surface area (Å²) in [4.78, 5) is 0. The summed E-state index contributed by atoms with van der Waals surface area (Å²) in [5.41, 5.74) is 7.85. The summed E-state index contributed by atoms with van der Waals surface area (Å²) in [5.74, 6) is 0.805. The fourth-order valence-electron chi connectivity index (χ4n) is 1.64. The van der Waals surface area contributed by atoms with E-state index < -0.39 is 0 Å². The van der Waals surface area contributed by atoms with Gasteiger partial charge in [0.25, 0.3) is 0 Å². The monoisotopic (exact) mass is 247 g/mol. The molecule has 17 heavy (non-hydrogen) atoms. The average Bonchev–Trinajstić information content (AvgIpc) is 3.08. The lowest BCUT2D eigenvalue weighted by atomic mass is 10.2. The van der Waals surface area contributed by atoms with Gasteiger partial charge in [0.2, 0.25) is 5.16 Å². The molecule has 0 saturated heterocycles. The molecule has 1 aromatic carbocycles. The third-order valence-corrected chi connectivity index (χ3v) is 3.75. The number of tetrazole rings is 1. The van der Waals surface area contributed by atoms with E-state index in [4.69, 9.17) is 5.73 Å². The minimum atomic E-state index is 0.514. The molecule has 1 saturated carbocycles. The Morgan fingerprint density at radius 1 is 1.35 bits per heavy atom. The first kappa shape index (κ1) is 10.6. The van der Waals surface area contributed by atoms with Crippen molar-refractivity contribution in [1.29, 1.82) is 0 Å². The van der Waals surface area contributed by atoms with Crippen LogP contribution in [0.3, 0.4) is 0 Å². The molecule has 2 aromatic rings. The van der Waals surface area contributed by atoms with Gasteiger partial charge >= 0.3 is 0 Å². The number of benzene rings is 1. The van der Waals surface area contributed by atoms with Crippen LogP contribution in [0.5, 0.6) is 0 Å². The molecule has 5 nitrogen and oxygen atoms in total. The van der Waals surface area contributed by atoms with Gasteiger partial charge in [0.15, 0.2) is 0 Å². The first-order valence-electron chi connectivity index (χ1n) is 5.58. The summed E-state index contributed by atoms with van der Waals surface area (Å²) in [7, 11) is 0. The van der Waals surface area contributed by atoms with Crippen LogP contribution in [0.25, 0.3) is 0 Å². The summed E-state index contributed by atoms with van der Waals surface area (Å²) >= 11 is 1.64. The summed E-state index contributed by atoms with van der Waals surface area (Å²) in [5, 5.41) is 12.7. The number of nitrogens with two attached hydrogens (primary N) is 1. The first-order chi connectivity index (χ1) is 8.34. The second-order valence-corrected chi connectivity index (χ2v) is 5.07. The zero-order chi connectivity index (χ0) is 11.7. The van der Waals surface area contributed by atoms with Gasteiger partial charge in [0.05, 0.1) is 6.04 Å². The molecule has 0 aliphatic heterocycles. The average molecular weight is 247 g/mol. The number of hydrogen-bond acceptors (Lipinski definition) is 5. The molecule has 1 aliphatic rings. The van der Waals surface area contributed by atoms with E-state index in [9.17, 15) is 0 Å². The van der Waals surface area contributed by atoms with Crippen LogP contribution in [0.15, 0.2) is 29.4 Å². The maximum Gasteiger partial charge on any atom is 0.209 e. The van der Waals surface area contributed by atoms with Crippen LogP contribution in [0.2, 0.25) is 0 Å². The Bertz CT molecular complexity index is 520. The normalized spacial score (nSPS) is 15.1. The van der Waals surface area contributed by atoms with E-state index in [-0.39, 0.29) is 0 Å². The second kappa shape index (κ2) is 4.37. The van der Waals surface area contributed by atoms with Crippen LogP contribution in [0.1, 0.15) is 24.4 Å². The SMILES string of the molecule is Nc1ccccc1CSc1nnnn1C1CC1. The number of nitrogens with zero attached hydrogens (tertiary/aromatic N) is 4. The van der Waals surface area contributed by atoms with Crippen molar-refractivity contribution in [2.24, 2.45) is 0 Å². The molecule has 0 amide bonds. The highest BCUT2D eigenvalue weighted by atomic mass is 32.2.